The Morgan fingerprint density at radius 1 is 0.926 bits per heavy atom. The summed E-state index contributed by atoms with van der Waals surface area (Å²) in [5.74, 6) is -0.740. The fraction of sp³-hybridized carbons (Fsp3) is 0.238. The second-order valence-electron chi connectivity index (χ2n) is 5.88. The predicted molar refractivity (Wildman–Crippen MR) is 108 cm³/mol. The van der Waals surface area contributed by atoms with Crippen LogP contribution in [-0.4, -0.2) is 43.1 Å². The van der Waals surface area contributed by atoms with E-state index in [1.54, 1.807) is 30.3 Å². The van der Waals surface area contributed by atoms with E-state index in [0.717, 1.165) is 10.9 Å². The number of carbonyl (C=O) groups excluding carboxylic acids is 2. The van der Waals surface area contributed by atoms with Crippen LogP contribution in [0.15, 0.2) is 66.2 Å². The fourth-order valence-corrected chi connectivity index (χ4v) is 3.05. The smallest absolute Gasteiger partial charge is 0.267 e. The van der Waals surface area contributed by atoms with Crippen molar-refractivity contribution in [3.63, 3.8) is 0 Å². The van der Waals surface area contributed by atoms with Crippen LogP contribution in [0.4, 0.5) is 5.69 Å². The average Bonchev–Trinajstić information content (AvgIpc) is 2.93. The highest BCUT2D eigenvalue weighted by Gasteiger charge is 2.44. The third kappa shape index (κ3) is 4.71. The molecule has 1 heterocycles. The summed E-state index contributed by atoms with van der Waals surface area (Å²) in [5, 5.41) is 0.731. The molecule has 0 aliphatic carbocycles. The van der Waals surface area contributed by atoms with Crippen molar-refractivity contribution >= 4 is 39.5 Å². The minimum absolute atomic E-state index is 0.228. The molecular weight excluding hydrogens is 410 g/mol. The number of amides is 2. The van der Waals surface area contributed by atoms with Gasteiger partial charge in [-0.25, -0.2) is 4.90 Å². The van der Waals surface area contributed by atoms with Gasteiger partial charge in [-0.05, 0) is 23.8 Å². The Kier molecular flexibility index (Phi) is 6.92. The van der Waals surface area contributed by atoms with Gasteiger partial charge in [0.25, 0.3) is 11.8 Å². The predicted octanol–water partition coefficient (Wildman–Crippen LogP) is 3.44. The molecule has 1 unspecified atom stereocenters. The Labute approximate surface area is 166 Å². The van der Waals surface area contributed by atoms with E-state index in [2.05, 4.69) is 15.9 Å². The van der Waals surface area contributed by atoms with E-state index in [4.69, 9.17) is 9.47 Å². The van der Waals surface area contributed by atoms with Crippen molar-refractivity contribution in [3.05, 3.63) is 71.8 Å². The Morgan fingerprint density at radius 3 is 2.26 bits per heavy atom. The van der Waals surface area contributed by atoms with Crippen LogP contribution >= 0.6 is 15.9 Å². The highest BCUT2D eigenvalue weighted by molar-refractivity contribution is 9.09. The van der Waals surface area contributed by atoms with Crippen LogP contribution in [0.1, 0.15) is 5.56 Å². The number of rotatable bonds is 8. The lowest BCUT2D eigenvalue weighted by molar-refractivity contribution is -0.127. The van der Waals surface area contributed by atoms with Gasteiger partial charge in [-0.3, -0.25) is 9.59 Å². The number of ether oxygens (including phenoxy) is 2. The molecule has 3 rings (SSSR count). The molecule has 140 valence electrons. The molecule has 0 saturated carbocycles. The van der Waals surface area contributed by atoms with Crippen LogP contribution in [0, 0.1) is 0 Å². The van der Waals surface area contributed by atoms with Crippen molar-refractivity contribution in [3.8, 4) is 0 Å². The quantitative estimate of drug-likeness (QED) is 0.279. The summed E-state index contributed by atoms with van der Waals surface area (Å²) >= 11 is 3.29. The summed E-state index contributed by atoms with van der Waals surface area (Å²) < 4.78 is 11.1. The molecule has 2 aromatic rings. The van der Waals surface area contributed by atoms with E-state index in [0.29, 0.717) is 24.5 Å². The standard InChI is InChI=1S/C21H20BrNO4/c22-11-12-26-13-14-27-19-18(15-16-7-3-1-4-8-16)20(24)23(21(19)25)17-9-5-2-6-10-17/h1-10,15,19H,11-14H2/b18-15+. The van der Waals surface area contributed by atoms with Crippen molar-refractivity contribution < 1.29 is 19.1 Å². The third-order valence-corrected chi connectivity index (χ3v) is 4.37. The summed E-state index contributed by atoms with van der Waals surface area (Å²) in [6.07, 6.45) is 0.776. The number of nitrogens with zero attached hydrogens (tertiary/aromatic N) is 1. The molecule has 0 aromatic heterocycles. The maximum atomic E-state index is 13.0. The fourth-order valence-electron chi connectivity index (χ4n) is 2.82. The van der Waals surface area contributed by atoms with Crippen molar-refractivity contribution in [1.82, 2.24) is 0 Å². The molecule has 1 atom stereocenters. The monoisotopic (exact) mass is 429 g/mol. The second kappa shape index (κ2) is 9.60. The zero-order chi connectivity index (χ0) is 19.1. The summed E-state index contributed by atoms with van der Waals surface area (Å²) in [5.41, 5.74) is 1.70. The first-order chi connectivity index (χ1) is 13.2. The van der Waals surface area contributed by atoms with E-state index in [1.165, 1.54) is 4.90 Å². The van der Waals surface area contributed by atoms with Gasteiger partial charge >= 0.3 is 0 Å². The molecule has 0 spiro atoms. The molecule has 0 N–H and O–H groups in total. The van der Waals surface area contributed by atoms with Crippen LogP contribution < -0.4 is 4.90 Å². The molecular formula is C21H20BrNO4. The van der Waals surface area contributed by atoms with Crippen LogP contribution in [0.5, 0.6) is 0 Å². The maximum absolute atomic E-state index is 13.0. The van der Waals surface area contributed by atoms with E-state index in [1.807, 2.05) is 36.4 Å². The summed E-state index contributed by atoms with van der Waals surface area (Å²) in [6, 6.07) is 18.3. The Balaban J connectivity index is 1.86. The van der Waals surface area contributed by atoms with Gasteiger partial charge in [0.15, 0.2) is 6.10 Å². The third-order valence-electron chi connectivity index (χ3n) is 4.05. The van der Waals surface area contributed by atoms with Gasteiger partial charge in [-0.1, -0.05) is 64.5 Å². The van der Waals surface area contributed by atoms with Gasteiger partial charge < -0.3 is 9.47 Å². The largest absolute Gasteiger partial charge is 0.378 e. The lowest BCUT2D eigenvalue weighted by atomic mass is 10.1. The molecule has 2 amide bonds. The van der Waals surface area contributed by atoms with E-state index >= 15 is 0 Å². The van der Waals surface area contributed by atoms with Crippen LogP contribution in [-0.2, 0) is 19.1 Å². The van der Waals surface area contributed by atoms with Gasteiger partial charge in [0, 0.05) is 5.33 Å². The van der Waals surface area contributed by atoms with Gasteiger partial charge in [0.2, 0.25) is 0 Å². The first kappa shape index (κ1) is 19.5. The molecule has 1 aliphatic rings. The zero-order valence-corrected chi connectivity index (χ0v) is 16.3. The lowest BCUT2D eigenvalue weighted by Gasteiger charge is -2.14. The van der Waals surface area contributed by atoms with Crippen molar-refractivity contribution in [2.75, 3.05) is 30.1 Å². The van der Waals surface area contributed by atoms with Crippen molar-refractivity contribution in [2.24, 2.45) is 0 Å². The maximum Gasteiger partial charge on any atom is 0.267 e. The van der Waals surface area contributed by atoms with Crippen molar-refractivity contribution in [2.45, 2.75) is 6.10 Å². The Hall–Kier alpha value is -2.28. The number of alkyl halides is 1. The molecule has 1 fully saturated rings. The highest BCUT2D eigenvalue weighted by Crippen LogP contribution is 2.29. The van der Waals surface area contributed by atoms with Gasteiger partial charge in [-0.15, -0.1) is 0 Å². The molecule has 5 nitrogen and oxygen atoms in total. The van der Waals surface area contributed by atoms with Gasteiger partial charge in [0.05, 0.1) is 31.1 Å². The van der Waals surface area contributed by atoms with Crippen LogP contribution in [0.2, 0.25) is 0 Å². The van der Waals surface area contributed by atoms with E-state index in [-0.39, 0.29) is 18.4 Å². The van der Waals surface area contributed by atoms with Crippen LogP contribution in [0.25, 0.3) is 6.08 Å². The summed E-state index contributed by atoms with van der Waals surface area (Å²) in [4.78, 5) is 27.1. The molecule has 1 aliphatic heterocycles. The summed E-state index contributed by atoms with van der Waals surface area (Å²) in [7, 11) is 0. The number of imide groups is 1. The number of anilines is 1. The number of halogens is 1. The molecule has 27 heavy (non-hydrogen) atoms. The van der Waals surface area contributed by atoms with Crippen LogP contribution in [0.3, 0.4) is 0 Å². The first-order valence-electron chi connectivity index (χ1n) is 8.67. The topological polar surface area (TPSA) is 55.8 Å². The van der Waals surface area contributed by atoms with Crippen molar-refractivity contribution in [1.29, 1.82) is 0 Å². The average molecular weight is 430 g/mol. The lowest BCUT2D eigenvalue weighted by Crippen LogP contribution is -2.33. The molecule has 6 heteroatoms. The highest BCUT2D eigenvalue weighted by atomic mass is 79.9. The minimum Gasteiger partial charge on any atom is -0.378 e. The normalized spacial score (nSPS) is 18.5. The first-order valence-corrected chi connectivity index (χ1v) is 9.80. The number of hydrogen-bond donors (Lipinski definition) is 0. The Bertz CT molecular complexity index is 807. The molecule has 2 aromatic carbocycles. The zero-order valence-electron chi connectivity index (χ0n) is 14.7. The number of carbonyl (C=O) groups is 2. The summed E-state index contributed by atoms with van der Waals surface area (Å²) in [6.45, 7) is 1.14. The number of benzene rings is 2. The minimum atomic E-state index is -0.939. The number of hydrogen-bond acceptors (Lipinski definition) is 4. The van der Waals surface area contributed by atoms with E-state index < -0.39 is 6.10 Å². The second-order valence-corrected chi connectivity index (χ2v) is 6.67. The molecule has 0 radical (unpaired) electrons. The van der Waals surface area contributed by atoms with Gasteiger partial charge in [0.1, 0.15) is 0 Å². The van der Waals surface area contributed by atoms with E-state index in [9.17, 15) is 9.59 Å². The van der Waals surface area contributed by atoms with Gasteiger partial charge in [-0.2, -0.15) is 0 Å². The molecule has 0 bridgehead atoms. The molecule has 1 saturated heterocycles. The number of para-hydroxylation sites is 1. The Morgan fingerprint density at radius 2 is 1.59 bits per heavy atom. The SMILES string of the molecule is O=C1/C(=C/c2ccccc2)C(OCCOCCBr)C(=O)N1c1ccccc1.